The molecule has 0 saturated carbocycles. The lowest BCUT2D eigenvalue weighted by molar-refractivity contribution is -0.143. The summed E-state index contributed by atoms with van der Waals surface area (Å²) in [5.74, 6) is -0.630. The van der Waals surface area contributed by atoms with Crippen molar-refractivity contribution >= 4 is 28.0 Å². The topological polar surface area (TPSA) is 76.1 Å². The van der Waals surface area contributed by atoms with Gasteiger partial charge in [-0.1, -0.05) is 12.7 Å². The Morgan fingerprint density at radius 1 is 1.58 bits per heavy atom. The van der Waals surface area contributed by atoms with Crippen LogP contribution in [0.15, 0.2) is 23.4 Å². The van der Waals surface area contributed by atoms with Gasteiger partial charge in [-0.3, -0.25) is 4.90 Å². The Hall–Kier alpha value is -1.34. The summed E-state index contributed by atoms with van der Waals surface area (Å²) in [6.45, 7) is 5.39. The molecule has 19 heavy (non-hydrogen) atoms. The molecule has 1 rings (SSSR count). The highest BCUT2D eigenvalue weighted by molar-refractivity contribution is 9.11. The van der Waals surface area contributed by atoms with E-state index in [0.29, 0.717) is 0 Å². The second-order valence-electron chi connectivity index (χ2n) is 3.88. The van der Waals surface area contributed by atoms with Gasteiger partial charge >= 0.3 is 12.1 Å². The Bertz CT molecular complexity index is 396. The number of hydrogen-bond donors (Lipinski definition) is 1. The molecule has 1 unspecified atom stereocenters. The number of nitrogens with zero attached hydrogens (tertiary/aromatic N) is 1. The van der Waals surface area contributed by atoms with E-state index in [9.17, 15) is 14.7 Å². The molecule has 0 aromatic rings. The van der Waals surface area contributed by atoms with Crippen molar-refractivity contribution in [1.82, 2.24) is 4.90 Å². The van der Waals surface area contributed by atoms with Gasteiger partial charge in [-0.25, -0.2) is 9.59 Å². The summed E-state index contributed by atoms with van der Waals surface area (Å²) in [5, 5.41) is 9.57. The molecule has 0 radical (unpaired) electrons. The van der Waals surface area contributed by atoms with Gasteiger partial charge in [0.05, 0.1) is 19.3 Å². The molecule has 0 spiro atoms. The first-order valence-corrected chi connectivity index (χ1v) is 6.60. The molecule has 6 nitrogen and oxygen atoms in total. The Labute approximate surface area is 119 Å². The van der Waals surface area contributed by atoms with Crippen molar-refractivity contribution in [2.45, 2.75) is 25.5 Å². The van der Waals surface area contributed by atoms with E-state index in [2.05, 4.69) is 22.5 Å². The Morgan fingerprint density at radius 3 is 2.84 bits per heavy atom. The zero-order chi connectivity index (χ0) is 14.4. The van der Waals surface area contributed by atoms with Crippen LogP contribution in [-0.4, -0.2) is 47.4 Å². The van der Waals surface area contributed by atoms with E-state index in [0.717, 1.165) is 0 Å². The van der Waals surface area contributed by atoms with E-state index in [1.54, 1.807) is 6.92 Å². The third-order valence-corrected chi connectivity index (χ3v) is 2.93. The molecular weight excluding hydrogens is 318 g/mol. The van der Waals surface area contributed by atoms with Crippen LogP contribution >= 0.6 is 15.9 Å². The van der Waals surface area contributed by atoms with Crippen LogP contribution in [0.2, 0.25) is 0 Å². The van der Waals surface area contributed by atoms with Gasteiger partial charge in [0.1, 0.15) is 6.04 Å². The molecule has 1 amide bonds. The van der Waals surface area contributed by atoms with E-state index >= 15 is 0 Å². The number of carbonyl (C=O) groups is 2. The maximum Gasteiger partial charge on any atom is 0.410 e. The SMILES string of the molecule is C=C/C=C(/Br)OC(=O)[C@@H]1CC(O)CN1C(=O)OCC. The molecule has 106 valence electrons. The molecule has 1 heterocycles. The number of aliphatic hydroxyl groups excluding tert-OH is 1. The zero-order valence-corrected chi connectivity index (χ0v) is 12.1. The van der Waals surface area contributed by atoms with Gasteiger partial charge in [-0.15, -0.1) is 0 Å². The van der Waals surface area contributed by atoms with Crippen LogP contribution in [0, 0.1) is 0 Å². The number of carbonyl (C=O) groups excluding carboxylic acids is 2. The van der Waals surface area contributed by atoms with Crippen LogP contribution in [0.1, 0.15) is 13.3 Å². The minimum absolute atomic E-state index is 0.0569. The molecule has 0 aromatic carbocycles. The predicted molar refractivity (Wildman–Crippen MR) is 71.4 cm³/mol. The zero-order valence-electron chi connectivity index (χ0n) is 10.5. The number of halogens is 1. The molecular formula is C12H16BrNO5. The molecule has 0 bridgehead atoms. The van der Waals surface area contributed by atoms with Crippen LogP contribution < -0.4 is 0 Å². The second kappa shape index (κ2) is 7.30. The number of hydrogen-bond acceptors (Lipinski definition) is 5. The van der Waals surface area contributed by atoms with E-state index < -0.39 is 24.2 Å². The monoisotopic (exact) mass is 333 g/mol. The summed E-state index contributed by atoms with van der Waals surface area (Å²) < 4.78 is 10.0. The maximum absolute atomic E-state index is 11.9. The van der Waals surface area contributed by atoms with Crippen LogP contribution in [-0.2, 0) is 14.3 Å². The van der Waals surface area contributed by atoms with Crippen molar-refractivity contribution < 1.29 is 24.2 Å². The molecule has 1 fully saturated rings. The number of esters is 1. The molecule has 0 aromatic heterocycles. The van der Waals surface area contributed by atoms with Crippen molar-refractivity contribution in [1.29, 1.82) is 0 Å². The lowest BCUT2D eigenvalue weighted by Gasteiger charge is -2.21. The third kappa shape index (κ3) is 4.36. The van der Waals surface area contributed by atoms with Crippen molar-refractivity contribution in [2.24, 2.45) is 0 Å². The highest BCUT2D eigenvalue weighted by Crippen LogP contribution is 2.22. The average molecular weight is 334 g/mol. The molecule has 1 aliphatic rings. The minimum atomic E-state index is -0.847. The van der Waals surface area contributed by atoms with Gasteiger partial charge in [0.2, 0.25) is 0 Å². The average Bonchev–Trinajstić information content (AvgIpc) is 2.72. The summed E-state index contributed by atoms with van der Waals surface area (Å²) in [6, 6.07) is -0.847. The first kappa shape index (κ1) is 15.7. The van der Waals surface area contributed by atoms with Gasteiger partial charge < -0.3 is 14.6 Å². The maximum atomic E-state index is 11.9. The molecule has 1 aliphatic heterocycles. The van der Waals surface area contributed by atoms with Crippen LogP contribution in [0.25, 0.3) is 0 Å². The number of likely N-dealkylation sites (tertiary alicyclic amines) is 1. The van der Waals surface area contributed by atoms with E-state index in [4.69, 9.17) is 9.47 Å². The molecule has 1 N–H and O–H groups in total. The first-order chi connectivity index (χ1) is 8.99. The van der Waals surface area contributed by atoms with Crippen molar-refractivity contribution in [3.63, 3.8) is 0 Å². The van der Waals surface area contributed by atoms with Gasteiger partial charge in [-0.2, -0.15) is 0 Å². The fraction of sp³-hybridized carbons (Fsp3) is 0.500. The Kier molecular flexibility index (Phi) is 6.04. The summed E-state index contributed by atoms with van der Waals surface area (Å²) in [6.07, 6.45) is 1.64. The summed E-state index contributed by atoms with van der Waals surface area (Å²) in [5.41, 5.74) is 0. The number of β-amino-alcohol motifs (C(OH)–C–C–N with tert-alkyl or cyclic N) is 1. The van der Waals surface area contributed by atoms with Gasteiger partial charge in [0.15, 0.2) is 4.67 Å². The normalized spacial score (nSPS) is 23.1. The third-order valence-electron chi connectivity index (χ3n) is 2.50. The second-order valence-corrected chi connectivity index (χ2v) is 4.67. The minimum Gasteiger partial charge on any atom is -0.450 e. The quantitative estimate of drug-likeness (QED) is 0.480. The van der Waals surface area contributed by atoms with Crippen molar-refractivity contribution in [3.8, 4) is 0 Å². The van der Waals surface area contributed by atoms with E-state index in [1.165, 1.54) is 17.1 Å². The fourth-order valence-electron chi connectivity index (χ4n) is 1.74. The highest BCUT2D eigenvalue weighted by Gasteiger charge is 2.41. The van der Waals surface area contributed by atoms with E-state index in [-0.39, 0.29) is 24.2 Å². The Balaban J connectivity index is 2.73. The van der Waals surface area contributed by atoms with E-state index in [1.807, 2.05) is 0 Å². The number of aliphatic hydroxyl groups is 1. The van der Waals surface area contributed by atoms with Crippen LogP contribution in [0.5, 0.6) is 0 Å². The van der Waals surface area contributed by atoms with Crippen molar-refractivity contribution in [2.75, 3.05) is 13.2 Å². The van der Waals surface area contributed by atoms with Gasteiger partial charge in [0, 0.05) is 6.42 Å². The molecule has 2 atom stereocenters. The number of amides is 1. The number of ether oxygens (including phenoxy) is 2. The number of rotatable bonds is 4. The summed E-state index contributed by atoms with van der Waals surface area (Å²) >= 11 is 3.04. The highest BCUT2D eigenvalue weighted by atomic mass is 79.9. The lowest BCUT2D eigenvalue weighted by atomic mass is 10.2. The lowest BCUT2D eigenvalue weighted by Crippen LogP contribution is -2.41. The summed E-state index contributed by atoms with van der Waals surface area (Å²) in [7, 11) is 0. The van der Waals surface area contributed by atoms with Gasteiger partial charge in [0.25, 0.3) is 0 Å². The molecule has 1 saturated heterocycles. The largest absolute Gasteiger partial charge is 0.450 e. The predicted octanol–water partition coefficient (Wildman–Crippen LogP) is 1.54. The fourth-order valence-corrected chi connectivity index (χ4v) is 2.08. The smallest absolute Gasteiger partial charge is 0.410 e. The standard InChI is InChI=1S/C12H16BrNO5/c1-3-5-10(13)19-11(16)9-6-8(15)7-14(9)12(17)18-4-2/h3,5,8-9,15H,1,4,6-7H2,2H3/b10-5-/t8?,9-/m0/s1. The van der Waals surface area contributed by atoms with Crippen molar-refractivity contribution in [3.05, 3.63) is 23.4 Å². The Morgan fingerprint density at radius 2 is 2.26 bits per heavy atom. The van der Waals surface area contributed by atoms with Crippen LogP contribution in [0.4, 0.5) is 4.79 Å². The summed E-state index contributed by atoms with van der Waals surface area (Å²) in [4.78, 5) is 24.7. The van der Waals surface area contributed by atoms with Crippen LogP contribution in [0.3, 0.4) is 0 Å². The van der Waals surface area contributed by atoms with Gasteiger partial charge in [-0.05, 0) is 28.9 Å². The molecule has 7 heteroatoms. The first-order valence-electron chi connectivity index (χ1n) is 5.81. The molecule has 0 aliphatic carbocycles. The number of allylic oxidation sites excluding steroid dienone is 2.